The lowest BCUT2D eigenvalue weighted by molar-refractivity contribution is -0.137. The molecular formula is C47H78FN17O11. The summed E-state index contributed by atoms with van der Waals surface area (Å²) < 4.78 is 14.4. The summed E-state index contributed by atoms with van der Waals surface area (Å²) in [5, 5.41) is 34.9. The number of nitrogens with zero attached hydrogens (tertiary/aromatic N) is 3. The molecule has 1 aliphatic rings. The van der Waals surface area contributed by atoms with Crippen LogP contribution in [0.5, 0.6) is 0 Å². The molecule has 29 heteroatoms. The predicted octanol–water partition coefficient (Wildman–Crippen LogP) is -5.88. The molecule has 28 nitrogen and oxygen atoms in total. The predicted molar refractivity (Wildman–Crippen MR) is 278 cm³/mol. The molecule has 8 amide bonds. The van der Waals surface area contributed by atoms with Gasteiger partial charge in [-0.25, -0.2) is 14.2 Å². The largest absolute Gasteiger partial charge is 0.477 e. The lowest BCUT2D eigenvalue weighted by Gasteiger charge is -2.28. The van der Waals surface area contributed by atoms with E-state index < -0.39 is 120 Å². The van der Waals surface area contributed by atoms with Crippen LogP contribution in [0, 0.1) is 5.82 Å². The van der Waals surface area contributed by atoms with Crippen LogP contribution >= 0.6 is 0 Å². The Labute approximate surface area is 439 Å². The summed E-state index contributed by atoms with van der Waals surface area (Å²) in [7, 11) is 0. The smallest absolute Gasteiger partial charge is 0.352 e. The van der Waals surface area contributed by atoms with Crippen molar-refractivity contribution in [3.8, 4) is 0 Å². The van der Waals surface area contributed by atoms with Crippen molar-refractivity contribution < 1.29 is 57.8 Å². The molecule has 1 aliphatic heterocycles. The van der Waals surface area contributed by atoms with E-state index in [1.165, 1.54) is 24.3 Å². The molecule has 424 valence electrons. The maximum atomic E-state index is 14.4. The summed E-state index contributed by atoms with van der Waals surface area (Å²) in [6.07, 6.45) is 1.72. The molecule has 1 fully saturated rings. The van der Waals surface area contributed by atoms with Crippen LogP contribution in [0.25, 0.3) is 0 Å². The number of aliphatic carboxylic acids is 1. The second-order valence-electron chi connectivity index (χ2n) is 17.8. The lowest BCUT2D eigenvalue weighted by atomic mass is 10.0. The Morgan fingerprint density at radius 1 is 0.776 bits per heavy atom. The molecule has 0 radical (unpaired) electrons. The molecule has 0 bridgehead atoms. The van der Waals surface area contributed by atoms with Gasteiger partial charge in [-0.2, -0.15) is 0 Å². The number of guanidine groups is 1. The zero-order chi connectivity index (χ0) is 56.7. The van der Waals surface area contributed by atoms with Gasteiger partial charge in [-0.3, -0.25) is 43.3 Å². The number of likely N-dealkylation sites (tertiary alicyclic amines) is 1. The number of hydrogen-bond donors (Lipinski definition) is 16. The number of nitrogens with two attached hydrogens (primary N) is 8. The van der Waals surface area contributed by atoms with Gasteiger partial charge in [0.05, 0.1) is 18.7 Å². The molecular weight excluding hydrogens is 998 g/mol. The number of carbonyl (C=O) groups excluding carboxylic acids is 8. The van der Waals surface area contributed by atoms with Gasteiger partial charge in [0.1, 0.15) is 47.4 Å². The average Bonchev–Trinajstić information content (AvgIpc) is 3.88. The molecule has 2 rings (SSSR count). The molecule has 1 aromatic rings. The topological polar surface area (TPSA) is 502 Å². The van der Waals surface area contributed by atoms with E-state index in [-0.39, 0.29) is 101 Å². The fraction of sp³-hybridized carbons (Fsp3) is 0.596. The normalized spacial score (nSPS) is 15.9. The minimum atomic E-state index is -1.62. The van der Waals surface area contributed by atoms with E-state index in [1.807, 2.05) is 0 Å². The van der Waals surface area contributed by atoms with Gasteiger partial charge in [-0.05, 0) is 115 Å². The Kier molecular flexibility index (Phi) is 30.2. The Hall–Kier alpha value is -7.02. The Morgan fingerprint density at radius 3 is 2.05 bits per heavy atom. The zero-order valence-electron chi connectivity index (χ0n) is 42.7. The number of unbranched alkanes of at least 4 members (excludes halogenated alkanes) is 2. The number of aliphatic hydroxyl groups is 1. The number of aliphatic hydroxyl groups excluding tert-OH is 1. The summed E-state index contributed by atoms with van der Waals surface area (Å²) in [6.45, 7) is -0.645. The van der Waals surface area contributed by atoms with Gasteiger partial charge in [0.25, 0.3) is 11.8 Å². The second-order valence-corrected chi connectivity index (χ2v) is 17.8. The third-order valence-corrected chi connectivity index (χ3v) is 11.8. The molecule has 0 unspecified atom stereocenters. The number of rotatable bonds is 35. The molecule has 0 spiro atoms. The molecule has 0 saturated carbocycles. The van der Waals surface area contributed by atoms with Crippen molar-refractivity contribution >= 4 is 64.9 Å². The SMILES string of the molecule is NCCCC[C@H](NC(=O)[C@H](Cc1cccc(F)c1)NC(=O)[C@@H]1CCCN1C(=O)C(CCCN)=NC(=O)CNC(=O)[C@H](CCN)NC(=O)[C@@H](NC(=O)[C@@H](N)CCCCN)[C@@H](O)CN)C(=O)N/C(=C\CCN=C(N)N)C(=O)O. The van der Waals surface area contributed by atoms with E-state index in [0.29, 0.717) is 38.6 Å². The number of carbonyl (C=O) groups is 9. The van der Waals surface area contributed by atoms with Crippen LogP contribution < -0.4 is 77.8 Å². The second kappa shape index (κ2) is 35.3. The molecule has 1 heterocycles. The van der Waals surface area contributed by atoms with E-state index >= 15 is 0 Å². The molecule has 76 heavy (non-hydrogen) atoms. The van der Waals surface area contributed by atoms with Crippen molar-refractivity contribution in [2.75, 3.05) is 52.4 Å². The lowest BCUT2D eigenvalue weighted by Crippen LogP contribution is -2.61. The van der Waals surface area contributed by atoms with Gasteiger partial charge in [-0.15, -0.1) is 0 Å². The summed E-state index contributed by atoms with van der Waals surface area (Å²) in [4.78, 5) is 130. The van der Waals surface area contributed by atoms with Gasteiger partial charge in [0.15, 0.2) is 5.96 Å². The zero-order valence-corrected chi connectivity index (χ0v) is 42.7. The molecule has 24 N–H and O–H groups in total. The van der Waals surface area contributed by atoms with E-state index in [4.69, 9.17) is 45.9 Å². The Morgan fingerprint density at radius 2 is 1.43 bits per heavy atom. The molecule has 0 aromatic heterocycles. The molecule has 7 atom stereocenters. The number of carboxylic acid groups (broad SMARTS) is 1. The average molecular weight is 1080 g/mol. The highest BCUT2D eigenvalue weighted by molar-refractivity contribution is 6.40. The van der Waals surface area contributed by atoms with Crippen LogP contribution in [-0.2, 0) is 49.6 Å². The highest BCUT2D eigenvalue weighted by Crippen LogP contribution is 2.20. The standard InChI is InChI=1S/C47H78FN17O11/c48-28-10-5-9-27(23-28)24-34(42(71)60-30(12-2-4-18-50)41(70)62-33(46(75)76)14-7-21-57-47(55)56)63-43(72)35-15-8-22-65(35)45(74)32(13-6-19-51)59-37(67)26-58-40(69)31(16-20-52)61-44(73)38(36(66)25-53)64-39(68)29(54)11-1-3-17-49/h5,9-10,14,23,29-31,34-36,38,66H,1-4,6-8,11-13,15-22,24-26,49-54H2,(H,58,69)(H,60,71)(H,61,73)(H,62,70)(H,63,72)(H,64,68)(H,75,76)(H4,55,56,57)/b33-14-,59-32?/t29-,30-,31-,34-,35-,36-,38-/m0/s1. The minimum absolute atomic E-state index is 0.00630. The number of benzene rings is 1. The van der Waals surface area contributed by atoms with Gasteiger partial charge < -0.3 is 92.9 Å². The van der Waals surface area contributed by atoms with E-state index in [9.17, 15) is 57.8 Å². The number of aliphatic imine (C=N–C) groups is 2. The summed E-state index contributed by atoms with van der Waals surface area (Å²) in [6, 6.07) is -2.91. The van der Waals surface area contributed by atoms with Crippen molar-refractivity contribution in [1.29, 1.82) is 0 Å². The third kappa shape index (κ3) is 23.3. The van der Waals surface area contributed by atoms with E-state index in [1.54, 1.807) is 0 Å². The first kappa shape index (κ1) is 65.1. The number of halogens is 1. The summed E-state index contributed by atoms with van der Waals surface area (Å²) in [5.41, 5.74) is 44.3. The Bertz CT molecular complexity index is 2210. The number of hydrogen-bond acceptors (Lipinski definition) is 17. The first-order valence-electron chi connectivity index (χ1n) is 25.1. The fourth-order valence-electron chi connectivity index (χ4n) is 7.70. The van der Waals surface area contributed by atoms with Crippen LogP contribution in [0.4, 0.5) is 4.39 Å². The van der Waals surface area contributed by atoms with E-state index in [2.05, 4.69) is 41.9 Å². The molecule has 1 saturated heterocycles. The van der Waals surface area contributed by atoms with Crippen LogP contribution in [-0.4, -0.2) is 175 Å². The number of amides is 8. The maximum absolute atomic E-state index is 14.4. The highest BCUT2D eigenvalue weighted by Gasteiger charge is 2.39. The van der Waals surface area contributed by atoms with Gasteiger partial charge in [-0.1, -0.05) is 24.6 Å². The fourth-order valence-corrected chi connectivity index (χ4v) is 7.70. The number of nitrogens with one attached hydrogen (secondary N) is 6. The maximum Gasteiger partial charge on any atom is 0.352 e. The first-order valence-corrected chi connectivity index (χ1v) is 25.1. The Balaban J connectivity index is 2.35. The minimum Gasteiger partial charge on any atom is -0.477 e. The van der Waals surface area contributed by atoms with Gasteiger partial charge in [0, 0.05) is 26.1 Å². The summed E-state index contributed by atoms with van der Waals surface area (Å²) in [5.74, 6) is -9.49. The number of carboxylic acids is 1. The quantitative estimate of drug-likeness (QED) is 0.0130. The monoisotopic (exact) mass is 1080 g/mol. The van der Waals surface area contributed by atoms with Crippen LogP contribution in [0.1, 0.15) is 82.6 Å². The van der Waals surface area contributed by atoms with Crippen molar-refractivity contribution in [1.82, 2.24) is 36.8 Å². The van der Waals surface area contributed by atoms with Gasteiger partial charge >= 0.3 is 5.97 Å². The van der Waals surface area contributed by atoms with Crippen molar-refractivity contribution in [3.63, 3.8) is 0 Å². The van der Waals surface area contributed by atoms with Gasteiger partial charge in [0.2, 0.25) is 35.4 Å². The highest BCUT2D eigenvalue weighted by atomic mass is 19.1. The van der Waals surface area contributed by atoms with Crippen molar-refractivity contribution in [3.05, 3.63) is 47.4 Å². The van der Waals surface area contributed by atoms with Crippen LogP contribution in [0.15, 0.2) is 46.0 Å². The van der Waals surface area contributed by atoms with Crippen LogP contribution in [0.3, 0.4) is 0 Å². The third-order valence-electron chi connectivity index (χ3n) is 11.8. The van der Waals surface area contributed by atoms with Crippen molar-refractivity contribution in [2.24, 2.45) is 55.9 Å². The molecule has 1 aromatic carbocycles. The molecule has 0 aliphatic carbocycles. The van der Waals surface area contributed by atoms with E-state index in [0.717, 1.165) is 11.0 Å². The van der Waals surface area contributed by atoms with Crippen LogP contribution in [0.2, 0.25) is 0 Å². The van der Waals surface area contributed by atoms with Crippen molar-refractivity contribution in [2.45, 2.75) is 126 Å². The summed E-state index contributed by atoms with van der Waals surface area (Å²) >= 11 is 0. The first-order chi connectivity index (χ1) is 36.2.